The zero-order chi connectivity index (χ0) is 20.7. The van der Waals surface area contributed by atoms with Gasteiger partial charge in [-0.05, 0) is 68.3 Å². The second-order valence-electron chi connectivity index (χ2n) is 8.07. The largest absolute Gasteiger partial charge is 0.496 e. The third-order valence-electron chi connectivity index (χ3n) is 6.68. The van der Waals surface area contributed by atoms with E-state index in [1.165, 1.54) is 16.7 Å². The molecule has 2 aliphatic heterocycles. The fourth-order valence-electron chi connectivity index (χ4n) is 4.88. The lowest BCUT2D eigenvalue weighted by Crippen LogP contribution is -2.49. The van der Waals surface area contributed by atoms with Crippen molar-refractivity contribution in [1.29, 1.82) is 0 Å². The van der Waals surface area contributed by atoms with Gasteiger partial charge in [-0.2, -0.15) is 0 Å². The highest BCUT2D eigenvalue weighted by Crippen LogP contribution is 2.39. The predicted molar refractivity (Wildman–Crippen MR) is 117 cm³/mol. The van der Waals surface area contributed by atoms with Crippen molar-refractivity contribution >= 4 is 17.7 Å². The summed E-state index contributed by atoms with van der Waals surface area (Å²) in [6.07, 6.45) is 4.76. The molecule has 154 valence electrons. The van der Waals surface area contributed by atoms with Gasteiger partial charge in [0.05, 0.1) is 17.7 Å². The zero-order valence-corrected chi connectivity index (χ0v) is 18.6. The van der Waals surface area contributed by atoms with E-state index in [1.54, 1.807) is 25.1 Å². The standard InChI is InChI=1S/C23H29N3O2S/c1-14-15(2)21(28-4)8-7-20(14)16(3)25-12-19-10-18(25)13-26(19)23(27)17-6-9-22(29-5)24-11-17/h6-9,11,16,18-19H,10,12-13H2,1-5H3/t16-,18+,19+/m0/s1. The van der Waals surface area contributed by atoms with Crippen LogP contribution < -0.4 is 4.74 Å². The molecule has 2 bridgehead atoms. The lowest BCUT2D eigenvalue weighted by molar-refractivity contribution is 0.0568. The molecule has 2 fully saturated rings. The molecule has 2 saturated heterocycles. The van der Waals surface area contributed by atoms with Gasteiger partial charge in [-0.3, -0.25) is 9.69 Å². The molecule has 0 radical (unpaired) electrons. The van der Waals surface area contributed by atoms with E-state index in [0.717, 1.165) is 30.3 Å². The normalized spacial score (nSPS) is 22.2. The van der Waals surface area contributed by atoms with Crippen LogP contribution in [0.4, 0.5) is 0 Å². The molecule has 3 atom stereocenters. The first-order chi connectivity index (χ1) is 13.9. The van der Waals surface area contributed by atoms with Gasteiger partial charge in [-0.25, -0.2) is 4.98 Å². The molecule has 2 aliphatic rings. The number of hydrogen-bond acceptors (Lipinski definition) is 5. The number of carbonyl (C=O) groups excluding carboxylic acids is 1. The molecule has 1 aromatic carbocycles. The molecule has 5 nitrogen and oxygen atoms in total. The molecule has 1 amide bonds. The van der Waals surface area contributed by atoms with Crippen molar-refractivity contribution in [1.82, 2.24) is 14.8 Å². The summed E-state index contributed by atoms with van der Waals surface area (Å²) < 4.78 is 5.47. The summed E-state index contributed by atoms with van der Waals surface area (Å²) in [5.74, 6) is 1.06. The summed E-state index contributed by atoms with van der Waals surface area (Å²) in [5, 5.41) is 0.939. The number of methoxy groups -OCH3 is 1. The molecule has 0 saturated carbocycles. The van der Waals surface area contributed by atoms with Gasteiger partial charge in [0.25, 0.3) is 5.91 Å². The van der Waals surface area contributed by atoms with Crippen LogP contribution in [0.2, 0.25) is 0 Å². The minimum absolute atomic E-state index is 0.112. The number of aromatic nitrogens is 1. The first-order valence-electron chi connectivity index (χ1n) is 10.2. The van der Waals surface area contributed by atoms with E-state index in [-0.39, 0.29) is 11.9 Å². The predicted octanol–water partition coefficient (Wildman–Crippen LogP) is 4.09. The van der Waals surface area contributed by atoms with Gasteiger partial charge in [-0.1, -0.05) is 6.07 Å². The van der Waals surface area contributed by atoms with Crippen LogP contribution in [0.25, 0.3) is 0 Å². The quantitative estimate of drug-likeness (QED) is 0.694. The van der Waals surface area contributed by atoms with E-state index < -0.39 is 0 Å². The zero-order valence-electron chi connectivity index (χ0n) is 17.8. The topological polar surface area (TPSA) is 45.7 Å². The molecule has 0 unspecified atom stereocenters. The molecular weight excluding hydrogens is 382 g/mol. The Morgan fingerprint density at radius 2 is 1.97 bits per heavy atom. The van der Waals surface area contributed by atoms with Gasteiger partial charge in [0.1, 0.15) is 5.75 Å². The number of carbonyl (C=O) groups is 1. The highest BCUT2D eigenvalue weighted by atomic mass is 32.2. The van der Waals surface area contributed by atoms with Gasteiger partial charge in [0.2, 0.25) is 0 Å². The molecular formula is C23H29N3O2S. The van der Waals surface area contributed by atoms with Crippen LogP contribution in [0, 0.1) is 13.8 Å². The number of amides is 1. The fraction of sp³-hybridized carbons (Fsp3) is 0.478. The van der Waals surface area contributed by atoms with E-state index >= 15 is 0 Å². The van der Waals surface area contributed by atoms with Crippen LogP contribution in [-0.4, -0.2) is 59.2 Å². The SMILES string of the molecule is COc1ccc([C@H](C)N2C[C@H]3C[C@@H]2CN3C(=O)c2ccc(SC)nc2)c(C)c1C. The lowest BCUT2D eigenvalue weighted by Gasteiger charge is -2.38. The van der Waals surface area contributed by atoms with Crippen LogP contribution in [0.5, 0.6) is 5.75 Å². The third-order valence-corrected chi connectivity index (χ3v) is 7.34. The van der Waals surface area contributed by atoms with Gasteiger partial charge in [0, 0.05) is 37.4 Å². The summed E-state index contributed by atoms with van der Waals surface area (Å²) in [6, 6.07) is 9.12. The van der Waals surface area contributed by atoms with Gasteiger partial charge >= 0.3 is 0 Å². The molecule has 0 spiro atoms. The highest BCUT2D eigenvalue weighted by Gasteiger charge is 2.47. The minimum Gasteiger partial charge on any atom is -0.496 e. The second-order valence-corrected chi connectivity index (χ2v) is 8.90. The summed E-state index contributed by atoms with van der Waals surface area (Å²) in [7, 11) is 1.72. The van der Waals surface area contributed by atoms with Crippen LogP contribution in [-0.2, 0) is 0 Å². The lowest BCUT2D eigenvalue weighted by atomic mass is 9.96. The maximum absolute atomic E-state index is 13.0. The van der Waals surface area contributed by atoms with Crippen molar-refractivity contribution in [3.63, 3.8) is 0 Å². The Kier molecular flexibility index (Phi) is 5.58. The Morgan fingerprint density at radius 1 is 1.17 bits per heavy atom. The Labute approximate surface area is 177 Å². The minimum atomic E-state index is 0.112. The summed E-state index contributed by atoms with van der Waals surface area (Å²) in [5.41, 5.74) is 4.55. The third kappa shape index (κ3) is 3.53. The number of pyridine rings is 1. The molecule has 6 heteroatoms. The molecule has 4 rings (SSSR count). The molecule has 29 heavy (non-hydrogen) atoms. The Hall–Kier alpha value is -2.05. The summed E-state index contributed by atoms with van der Waals surface area (Å²) in [4.78, 5) is 22.0. The van der Waals surface area contributed by atoms with Crippen LogP contribution >= 0.6 is 11.8 Å². The number of ether oxygens (including phenoxy) is 1. The number of nitrogens with zero attached hydrogens (tertiary/aromatic N) is 3. The van der Waals surface area contributed by atoms with Gasteiger partial charge < -0.3 is 9.64 Å². The Balaban J connectivity index is 1.47. The van der Waals surface area contributed by atoms with Crippen LogP contribution in [0.3, 0.4) is 0 Å². The van der Waals surface area contributed by atoms with Crippen molar-refractivity contribution in [3.8, 4) is 5.75 Å². The Morgan fingerprint density at radius 3 is 2.55 bits per heavy atom. The number of piperazine rings is 1. The van der Waals surface area contributed by atoms with E-state index in [9.17, 15) is 4.79 Å². The average Bonchev–Trinajstić information content (AvgIpc) is 3.36. The van der Waals surface area contributed by atoms with Crippen LogP contribution in [0.1, 0.15) is 46.4 Å². The first kappa shape index (κ1) is 20.2. The van der Waals surface area contributed by atoms with Gasteiger partial charge in [0.15, 0.2) is 0 Å². The van der Waals surface area contributed by atoms with Crippen molar-refractivity contribution in [2.75, 3.05) is 26.5 Å². The van der Waals surface area contributed by atoms with Crippen molar-refractivity contribution < 1.29 is 9.53 Å². The summed E-state index contributed by atoms with van der Waals surface area (Å²) >= 11 is 1.59. The smallest absolute Gasteiger partial charge is 0.255 e. The van der Waals surface area contributed by atoms with Crippen molar-refractivity contribution in [2.24, 2.45) is 0 Å². The summed E-state index contributed by atoms with van der Waals surface area (Å²) in [6.45, 7) is 8.31. The maximum Gasteiger partial charge on any atom is 0.255 e. The molecule has 2 aromatic rings. The number of hydrogen-bond donors (Lipinski definition) is 0. The van der Waals surface area contributed by atoms with E-state index in [1.807, 2.05) is 18.4 Å². The van der Waals surface area contributed by atoms with E-state index in [2.05, 4.69) is 47.7 Å². The van der Waals surface area contributed by atoms with Gasteiger partial charge in [-0.15, -0.1) is 11.8 Å². The molecule has 0 N–H and O–H groups in total. The fourth-order valence-corrected chi connectivity index (χ4v) is 5.25. The molecule has 0 aliphatic carbocycles. The number of likely N-dealkylation sites (tertiary alicyclic amines) is 2. The van der Waals surface area contributed by atoms with Crippen molar-refractivity contribution in [2.45, 2.75) is 50.3 Å². The number of thioether (sulfide) groups is 1. The number of rotatable bonds is 5. The van der Waals surface area contributed by atoms with Crippen LogP contribution in [0.15, 0.2) is 35.5 Å². The second kappa shape index (κ2) is 8.00. The van der Waals surface area contributed by atoms with E-state index in [0.29, 0.717) is 17.6 Å². The Bertz CT molecular complexity index is 915. The molecule has 1 aromatic heterocycles. The monoisotopic (exact) mass is 411 g/mol. The number of benzene rings is 1. The van der Waals surface area contributed by atoms with E-state index in [4.69, 9.17) is 4.74 Å². The highest BCUT2D eigenvalue weighted by molar-refractivity contribution is 7.98. The number of fused-ring (bicyclic) bond motifs is 2. The maximum atomic E-state index is 13.0. The average molecular weight is 412 g/mol. The van der Waals surface area contributed by atoms with Crippen molar-refractivity contribution in [3.05, 3.63) is 52.7 Å². The molecule has 3 heterocycles. The first-order valence-corrected chi connectivity index (χ1v) is 11.4.